The number of hydrogen-bond acceptors (Lipinski definition) is 2. The first-order valence-electron chi connectivity index (χ1n) is 8.77. The molecule has 1 atom stereocenters. The topological polar surface area (TPSA) is 29.5 Å². The average molecular weight is 341 g/mol. The normalized spacial score (nSPS) is 16.7. The van der Waals surface area contributed by atoms with Crippen molar-refractivity contribution < 1.29 is 13.9 Å². The molecule has 4 heteroatoms. The molecule has 0 aliphatic carbocycles. The van der Waals surface area contributed by atoms with E-state index in [0.717, 1.165) is 28.9 Å². The lowest BCUT2D eigenvalue weighted by atomic mass is 9.93. The van der Waals surface area contributed by atoms with Crippen molar-refractivity contribution in [1.29, 1.82) is 0 Å². The fraction of sp³-hybridized carbons (Fsp3) is 0.381. The molecule has 1 aliphatic rings. The number of ether oxygens (including phenoxy) is 1. The summed E-state index contributed by atoms with van der Waals surface area (Å²) in [6, 6.07) is 12.4. The van der Waals surface area contributed by atoms with E-state index in [-0.39, 0.29) is 23.9 Å². The minimum absolute atomic E-state index is 0.0594. The third-order valence-electron chi connectivity index (χ3n) is 4.59. The second-order valence-electron chi connectivity index (χ2n) is 6.85. The zero-order chi connectivity index (χ0) is 18.0. The fourth-order valence-electron chi connectivity index (χ4n) is 3.40. The molecule has 0 fully saturated rings. The Hall–Kier alpha value is -2.36. The van der Waals surface area contributed by atoms with Gasteiger partial charge >= 0.3 is 0 Å². The summed E-state index contributed by atoms with van der Waals surface area (Å²) in [5.41, 5.74) is 2.97. The molecule has 0 aromatic heterocycles. The first-order chi connectivity index (χ1) is 11.9. The summed E-state index contributed by atoms with van der Waals surface area (Å²) in [7, 11) is 0. The van der Waals surface area contributed by atoms with Gasteiger partial charge in [0.25, 0.3) is 0 Å². The van der Waals surface area contributed by atoms with E-state index in [1.165, 1.54) is 6.07 Å². The lowest BCUT2D eigenvalue weighted by Crippen LogP contribution is -2.39. The molecule has 0 saturated carbocycles. The van der Waals surface area contributed by atoms with Gasteiger partial charge in [0, 0.05) is 6.54 Å². The van der Waals surface area contributed by atoms with Crippen molar-refractivity contribution in [2.75, 3.05) is 6.54 Å². The van der Waals surface area contributed by atoms with Gasteiger partial charge in [-0.1, -0.05) is 18.2 Å². The van der Waals surface area contributed by atoms with Crippen LogP contribution in [0.5, 0.6) is 5.75 Å². The molecule has 2 aromatic carbocycles. The van der Waals surface area contributed by atoms with Crippen LogP contribution in [0.4, 0.5) is 4.39 Å². The Balaban J connectivity index is 1.74. The Labute approximate surface area is 148 Å². The number of hydrogen-bond donors (Lipinski definition) is 0. The molecule has 2 aromatic rings. The van der Waals surface area contributed by atoms with Gasteiger partial charge in [0.2, 0.25) is 5.91 Å². The summed E-state index contributed by atoms with van der Waals surface area (Å²) in [5, 5.41) is 0. The van der Waals surface area contributed by atoms with E-state index in [1.807, 2.05) is 56.0 Å². The third-order valence-corrected chi connectivity index (χ3v) is 4.59. The maximum atomic E-state index is 13.6. The highest BCUT2D eigenvalue weighted by atomic mass is 19.1. The Morgan fingerprint density at radius 1 is 1.28 bits per heavy atom. The predicted molar refractivity (Wildman–Crippen MR) is 96.1 cm³/mol. The van der Waals surface area contributed by atoms with E-state index in [0.29, 0.717) is 13.0 Å². The van der Waals surface area contributed by atoms with E-state index < -0.39 is 0 Å². The van der Waals surface area contributed by atoms with Crippen LogP contribution in [-0.2, 0) is 17.6 Å². The van der Waals surface area contributed by atoms with Crippen LogP contribution < -0.4 is 4.74 Å². The van der Waals surface area contributed by atoms with Crippen LogP contribution in [0.15, 0.2) is 42.5 Å². The number of carbonyl (C=O) groups is 1. The van der Waals surface area contributed by atoms with Gasteiger partial charge in [-0.25, -0.2) is 4.39 Å². The molecule has 3 rings (SSSR count). The molecular formula is C21H24FNO2. The van der Waals surface area contributed by atoms with Gasteiger partial charge in [0.15, 0.2) is 0 Å². The van der Waals surface area contributed by atoms with E-state index in [2.05, 4.69) is 0 Å². The van der Waals surface area contributed by atoms with Gasteiger partial charge in [0.05, 0.1) is 18.6 Å². The maximum absolute atomic E-state index is 13.6. The van der Waals surface area contributed by atoms with Crippen LogP contribution in [0.1, 0.15) is 43.5 Å². The smallest absolute Gasteiger partial charge is 0.227 e. The Bertz CT molecular complexity index is 772. The van der Waals surface area contributed by atoms with E-state index in [1.54, 1.807) is 6.07 Å². The number of benzene rings is 2. The van der Waals surface area contributed by atoms with Crippen molar-refractivity contribution >= 4 is 5.91 Å². The van der Waals surface area contributed by atoms with Crippen molar-refractivity contribution in [2.24, 2.45) is 0 Å². The molecule has 3 nitrogen and oxygen atoms in total. The quantitative estimate of drug-likeness (QED) is 0.830. The number of nitrogens with zero attached hydrogens (tertiary/aromatic N) is 1. The van der Waals surface area contributed by atoms with Crippen LogP contribution in [-0.4, -0.2) is 23.5 Å². The first-order valence-corrected chi connectivity index (χ1v) is 8.77. The van der Waals surface area contributed by atoms with E-state index >= 15 is 0 Å². The largest absolute Gasteiger partial charge is 0.491 e. The van der Waals surface area contributed by atoms with Crippen molar-refractivity contribution in [3.63, 3.8) is 0 Å². The Morgan fingerprint density at radius 2 is 2.08 bits per heavy atom. The molecule has 0 N–H and O–H groups in total. The van der Waals surface area contributed by atoms with Gasteiger partial charge in [-0.3, -0.25) is 4.79 Å². The van der Waals surface area contributed by atoms with Gasteiger partial charge in [-0.15, -0.1) is 0 Å². The third kappa shape index (κ3) is 4.01. The standard InChI is InChI=1S/C21H24FNO2/c1-14(2)25-19-6-4-5-16(11-19)12-21(24)23-10-9-17-7-8-18(22)13-20(17)15(23)3/h4-8,11,13-15H,9-10,12H2,1-3H3. The summed E-state index contributed by atoms with van der Waals surface area (Å²) in [6.07, 6.45) is 1.19. The lowest BCUT2D eigenvalue weighted by molar-refractivity contribution is -0.133. The molecule has 0 spiro atoms. The Morgan fingerprint density at radius 3 is 2.84 bits per heavy atom. The first kappa shape index (κ1) is 17.5. The number of halogens is 1. The van der Waals surface area contributed by atoms with Gasteiger partial charge in [-0.2, -0.15) is 0 Å². The average Bonchev–Trinajstić information content (AvgIpc) is 2.55. The summed E-state index contributed by atoms with van der Waals surface area (Å²) in [4.78, 5) is 14.6. The molecular weight excluding hydrogens is 317 g/mol. The van der Waals surface area contributed by atoms with Crippen molar-refractivity contribution in [3.05, 3.63) is 65.0 Å². The molecule has 1 heterocycles. The van der Waals surface area contributed by atoms with Crippen LogP contribution in [0.2, 0.25) is 0 Å². The summed E-state index contributed by atoms with van der Waals surface area (Å²) in [6.45, 7) is 6.59. The molecule has 0 saturated heterocycles. The molecule has 1 aliphatic heterocycles. The number of carbonyl (C=O) groups excluding carboxylic acids is 1. The number of amides is 1. The molecule has 0 bridgehead atoms. The molecule has 1 unspecified atom stereocenters. The highest BCUT2D eigenvalue weighted by Crippen LogP contribution is 2.30. The molecule has 132 valence electrons. The highest BCUT2D eigenvalue weighted by molar-refractivity contribution is 5.79. The van der Waals surface area contributed by atoms with Crippen LogP contribution in [0, 0.1) is 5.82 Å². The van der Waals surface area contributed by atoms with Gasteiger partial charge < -0.3 is 9.64 Å². The maximum Gasteiger partial charge on any atom is 0.227 e. The SMILES string of the molecule is CC(C)Oc1cccc(CC(=O)N2CCc3ccc(F)cc3C2C)c1. The van der Waals surface area contributed by atoms with Gasteiger partial charge in [0.1, 0.15) is 11.6 Å². The zero-order valence-electron chi connectivity index (χ0n) is 15.0. The summed E-state index contributed by atoms with van der Waals surface area (Å²) >= 11 is 0. The highest BCUT2D eigenvalue weighted by Gasteiger charge is 2.27. The summed E-state index contributed by atoms with van der Waals surface area (Å²) < 4.78 is 19.3. The fourth-order valence-corrected chi connectivity index (χ4v) is 3.40. The molecule has 0 radical (unpaired) electrons. The number of rotatable bonds is 4. The molecule has 25 heavy (non-hydrogen) atoms. The second-order valence-corrected chi connectivity index (χ2v) is 6.85. The summed E-state index contributed by atoms with van der Waals surface area (Å²) in [5.74, 6) is 0.585. The van der Waals surface area contributed by atoms with Crippen molar-refractivity contribution in [3.8, 4) is 5.75 Å². The monoisotopic (exact) mass is 341 g/mol. The predicted octanol–water partition coefficient (Wildman–Crippen LogP) is 4.30. The second kappa shape index (κ2) is 7.26. The molecule has 1 amide bonds. The van der Waals surface area contributed by atoms with E-state index in [9.17, 15) is 9.18 Å². The Kier molecular flexibility index (Phi) is 5.07. The van der Waals surface area contributed by atoms with Crippen LogP contribution in [0.25, 0.3) is 0 Å². The number of fused-ring (bicyclic) bond motifs is 1. The minimum atomic E-state index is -0.251. The van der Waals surface area contributed by atoms with Crippen molar-refractivity contribution in [1.82, 2.24) is 4.90 Å². The van der Waals surface area contributed by atoms with Crippen LogP contribution in [0.3, 0.4) is 0 Å². The lowest BCUT2D eigenvalue weighted by Gasteiger charge is -2.35. The van der Waals surface area contributed by atoms with Crippen LogP contribution >= 0.6 is 0 Å². The van der Waals surface area contributed by atoms with Gasteiger partial charge in [-0.05, 0) is 68.1 Å². The van der Waals surface area contributed by atoms with E-state index in [4.69, 9.17) is 4.74 Å². The minimum Gasteiger partial charge on any atom is -0.491 e. The zero-order valence-corrected chi connectivity index (χ0v) is 15.0. The van der Waals surface area contributed by atoms with Crippen molar-refractivity contribution in [2.45, 2.75) is 45.8 Å².